The van der Waals surface area contributed by atoms with E-state index < -0.39 is 0 Å². The largest absolute Gasteiger partial charge is 0.489 e. The summed E-state index contributed by atoms with van der Waals surface area (Å²) in [6, 6.07) is 7.36. The molecule has 2 aromatic heterocycles. The third-order valence-corrected chi connectivity index (χ3v) is 6.09. The maximum atomic E-state index is 13.1. The van der Waals surface area contributed by atoms with Crippen molar-refractivity contribution >= 4 is 11.7 Å². The van der Waals surface area contributed by atoms with Crippen molar-refractivity contribution in [2.24, 2.45) is 13.0 Å². The number of Topliss-reactive ketones (excluding diaryl/α,β-unsaturated/α-hetero) is 1. The molecule has 1 saturated heterocycles. The van der Waals surface area contributed by atoms with E-state index in [2.05, 4.69) is 10.3 Å². The number of hydrogen-bond acceptors (Lipinski definition) is 6. The van der Waals surface area contributed by atoms with Gasteiger partial charge in [0.1, 0.15) is 11.9 Å². The summed E-state index contributed by atoms with van der Waals surface area (Å²) in [5, 5.41) is 8.09. The van der Waals surface area contributed by atoms with Crippen LogP contribution in [0.5, 0.6) is 5.75 Å². The smallest absolute Gasteiger partial charge is 0.276 e. The Morgan fingerprint density at radius 3 is 2.94 bits per heavy atom. The molecule has 4 heterocycles. The minimum atomic E-state index is -0.221. The van der Waals surface area contributed by atoms with E-state index in [4.69, 9.17) is 9.26 Å². The zero-order valence-electron chi connectivity index (χ0n) is 17.6. The first-order chi connectivity index (χ1) is 15.0. The van der Waals surface area contributed by atoms with E-state index in [-0.39, 0.29) is 29.4 Å². The first kappa shape index (κ1) is 19.5. The lowest BCUT2D eigenvalue weighted by atomic mass is 9.86. The minimum Gasteiger partial charge on any atom is -0.489 e. The highest BCUT2D eigenvalue weighted by molar-refractivity contribution is 6.00. The molecule has 1 amide bonds. The molecular weight excluding hydrogens is 396 g/mol. The fourth-order valence-electron chi connectivity index (χ4n) is 4.45. The molecule has 31 heavy (non-hydrogen) atoms. The summed E-state index contributed by atoms with van der Waals surface area (Å²) in [5.74, 6) is 1.20. The number of carbonyl (C=O) groups excluding carboxylic acids is 2. The van der Waals surface area contributed by atoms with Crippen LogP contribution >= 0.6 is 0 Å². The summed E-state index contributed by atoms with van der Waals surface area (Å²) in [6.07, 6.45) is 5.38. The van der Waals surface area contributed by atoms with Gasteiger partial charge >= 0.3 is 0 Å². The van der Waals surface area contributed by atoms with Crippen molar-refractivity contribution in [3.05, 3.63) is 53.5 Å². The molecule has 8 nitrogen and oxygen atoms in total. The first-order valence-corrected chi connectivity index (χ1v) is 10.5. The van der Waals surface area contributed by atoms with Gasteiger partial charge in [-0.3, -0.25) is 14.3 Å². The van der Waals surface area contributed by atoms with Crippen molar-refractivity contribution in [1.29, 1.82) is 0 Å². The Balaban J connectivity index is 1.29. The number of nitrogens with zero attached hydrogens (tertiary/aromatic N) is 4. The number of rotatable bonds is 3. The zero-order valence-corrected chi connectivity index (χ0v) is 17.6. The number of piperidine rings is 1. The minimum absolute atomic E-state index is 0.0980. The summed E-state index contributed by atoms with van der Waals surface area (Å²) in [5.41, 5.74) is 2.75. The van der Waals surface area contributed by atoms with Gasteiger partial charge in [-0.2, -0.15) is 5.10 Å². The Morgan fingerprint density at radius 1 is 1.26 bits per heavy atom. The molecule has 3 aromatic rings. The molecule has 160 valence electrons. The normalized spacial score (nSPS) is 21.0. The molecular formula is C23H24N4O4. The molecule has 1 aromatic carbocycles. The van der Waals surface area contributed by atoms with Crippen molar-refractivity contribution in [3.8, 4) is 17.1 Å². The molecule has 0 aliphatic carbocycles. The highest BCUT2D eigenvalue weighted by Crippen LogP contribution is 2.34. The molecule has 0 radical (unpaired) electrons. The zero-order chi connectivity index (χ0) is 21.5. The molecule has 2 aliphatic heterocycles. The van der Waals surface area contributed by atoms with Crippen LogP contribution in [0, 0.1) is 12.8 Å². The summed E-state index contributed by atoms with van der Waals surface area (Å²) in [6.45, 7) is 3.15. The Morgan fingerprint density at radius 2 is 2.13 bits per heavy atom. The van der Waals surface area contributed by atoms with Crippen molar-refractivity contribution in [1.82, 2.24) is 19.8 Å². The van der Waals surface area contributed by atoms with Crippen LogP contribution in [0.2, 0.25) is 0 Å². The van der Waals surface area contributed by atoms with Gasteiger partial charge in [0.15, 0.2) is 17.2 Å². The predicted octanol–water partition coefficient (Wildman–Crippen LogP) is 3.27. The van der Waals surface area contributed by atoms with Gasteiger partial charge in [-0.1, -0.05) is 16.8 Å². The molecule has 0 N–H and O–H groups in total. The van der Waals surface area contributed by atoms with Gasteiger partial charge in [0.2, 0.25) is 0 Å². The Kier molecular flexibility index (Phi) is 4.84. The number of hydrogen-bond donors (Lipinski definition) is 0. The second kappa shape index (κ2) is 7.68. The van der Waals surface area contributed by atoms with Crippen LogP contribution in [0.25, 0.3) is 11.3 Å². The second-order valence-corrected chi connectivity index (χ2v) is 8.42. The van der Waals surface area contributed by atoms with Crippen molar-refractivity contribution < 1.29 is 18.8 Å². The van der Waals surface area contributed by atoms with Gasteiger partial charge in [0.05, 0.1) is 17.3 Å². The van der Waals surface area contributed by atoms with E-state index in [1.807, 2.05) is 38.4 Å². The lowest BCUT2D eigenvalue weighted by Crippen LogP contribution is -2.46. The number of ketones is 1. The van der Waals surface area contributed by atoms with E-state index >= 15 is 0 Å². The molecule has 1 fully saturated rings. The summed E-state index contributed by atoms with van der Waals surface area (Å²) in [4.78, 5) is 27.5. The van der Waals surface area contributed by atoms with E-state index in [0.29, 0.717) is 36.6 Å². The highest BCUT2D eigenvalue weighted by atomic mass is 16.5. The third kappa shape index (κ3) is 3.73. The SMILES string of the molecule is Cc1ccc2c(c1)C(=O)C[C@@H]([C@H]1CCCN(C(=O)c3cc(-c4cnn(C)c4)on3)C1)O2. The van der Waals surface area contributed by atoms with Crippen LogP contribution in [0.15, 0.2) is 41.2 Å². The Bertz CT molecular complexity index is 1150. The molecule has 5 rings (SSSR count). The van der Waals surface area contributed by atoms with Crippen LogP contribution in [0.1, 0.15) is 45.7 Å². The van der Waals surface area contributed by atoms with Gasteiger partial charge in [0.25, 0.3) is 5.91 Å². The van der Waals surface area contributed by atoms with Gasteiger partial charge in [-0.15, -0.1) is 0 Å². The highest BCUT2D eigenvalue weighted by Gasteiger charge is 2.36. The molecule has 8 heteroatoms. The molecule has 2 atom stereocenters. The van der Waals surface area contributed by atoms with Crippen LogP contribution in [-0.4, -0.2) is 50.7 Å². The van der Waals surface area contributed by atoms with E-state index in [0.717, 1.165) is 24.0 Å². The van der Waals surface area contributed by atoms with Crippen LogP contribution in [0.4, 0.5) is 0 Å². The summed E-state index contributed by atoms with van der Waals surface area (Å²) in [7, 11) is 1.82. The predicted molar refractivity (Wildman–Crippen MR) is 112 cm³/mol. The number of aryl methyl sites for hydroxylation is 2. The summed E-state index contributed by atoms with van der Waals surface area (Å²) < 4.78 is 13.2. The van der Waals surface area contributed by atoms with Crippen molar-refractivity contribution in [3.63, 3.8) is 0 Å². The van der Waals surface area contributed by atoms with E-state index in [1.165, 1.54) is 0 Å². The van der Waals surface area contributed by atoms with Crippen LogP contribution in [0.3, 0.4) is 0 Å². The topological polar surface area (TPSA) is 90.5 Å². The number of fused-ring (bicyclic) bond motifs is 1. The van der Waals surface area contributed by atoms with Crippen LogP contribution < -0.4 is 4.74 Å². The molecule has 0 bridgehead atoms. The average molecular weight is 420 g/mol. The van der Waals surface area contributed by atoms with Crippen LogP contribution in [-0.2, 0) is 7.05 Å². The third-order valence-electron chi connectivity index (χ3n) is 6.09. The standard InChI is InChI=1S/C23H24N4O4/c1-14-5-6-20-17(8-14)19(28)10-21(30-20)15-4-3-7-27(13-15)23(29)18-9-22(31-25-18)16-11-24-26(2)12-16/h5-6,8-9,11-12,15,21H,3-4,7,10,13H2,1-2H3/t15-,21-/m0/s1. The lowest BCUT2D eigenvalue weighted by Gasteiger charge is -2.38. The lowest BCUT2D eigenvalue weighted by molar-refractivity contribution is 0.0403. The number of ether oxygens (including phenoxy) is 1. The van der Waals surface area contributed by atoms with E-state index in [1.54, 1.807) is 21.8 Å². The van der Waals surface area contributed by atoms with E-state index in [9.17, 15) is 9.59 Å². The molecule has 2 aliphatic rings. The fraction of sp³-hybridized carbons (Fsp3) is 0.391. The maximum Gasteiger partial charge on any atom is 0.276 e. The molecule has 0 saturated carbocycles. The van der Waals surface area contributed by atoms with Gasteiger partial charge in [-0.05, 0) is 31.9 Å². The quantitative estimate of drug-likeness (QED) is 0.646. The van der Waals surface area contributed by atoms with Crippen molar-refractivity contribution in [2.75, 3.05) is 13.1 Å². The number of aromatic nitrogens is 3. The van der Waals surface area contributed by atoms with Crippen molar-refractivity contribution in [2.45, 2.75) is 32.3 Å². The number of amides is 1. The first-order valence-electron chi connectivity index (χ1n) is 10.5. The number of benzene rings is 1. The second-order valence-electron chi connectivity index (χ2n) is 8.42. The fourth-order valence-corrected chi connectivity index (χ4v) is 4.45. The molecule has 0 unspecified atom stereocenters. The maximum absolute atomic E-state index is 13.1. The average Bonchev–Trinajstić information content (AvgIpc) is 3.43. The molecule has 0 spiro atoms. The van der Waals surface area contributed by atoms with Gasteiger partial charge in [0, 0.05) is 44.7 Å². The summed E-state index contributed by atoms with van der Waals surface area (Å²) >= 11 is 0. The van der Waals surface area contributed by atoms with Gasteiger partial charge < -0.3 is 14.2 Å². The number of carbonyl (C=O) groups is 2. The number of likely N-dealkylation sites (tertiary alicyclic amines) is 1. The Hall–Kier alpha value is -3.42. The van der Waals surface area contributed by atoms with Gasteiger partial charge in [-0.25, -0.2) is 0 Å². The Labute approximate surface area is 179 Å². The monoisotopic (exact) mass is 420 g/mol.